The van der Waals surface area contributed by atoms with Crippen LogP contribution in [-0.4, -0.2) is 17.3 Å². The highest BCUT2D eigenvalue weighted by Gasteiger charge is 2.23. The van der Waals surface area contributed by atoms with Gasteiger partial charge in [-0.2, -0.15) is 0 Å². The Kier molecular flexibility index (Phi) is 23.5. The summed E-state index contributed by atoms with van der Waals surface area (Å²) in [6.07, 6.45) is 31.9. The van der Waals surface area contributed by atoms with Crippen molar-refractivity contribution in [1.82, 2.24) is 0 Å². The summed E-state index contributed by atoms with van der Waals surface area (Å²) in [5, 5.41) is 10.6. The van der Waals surface area contributed by atoms with Crippen molar-refractivity contribution in [3.05, 3.63) is 0 Å². The monoisotopic (exact) mass is 425 g/mol. The highest BCUT2D eigenvalue weighted by molar-refractivity contribution is 4.78. The molecule has 0 rings (SSSR count). The van der Waals surface area contributed by atoms with Gasteiger partial charge in [0.05, 0.1) is 5.60 Å². The van der Waals surface area contributed by atoms with Crippen molar-refractivity contribution in [3.8, 4) is 0 Å². The van der Waals surface area contributed by atoms with Gasteiger partial charge in [0.1, 0.15) is 0 Å². The molecule has 0 radical (unpaired) electrons. The molecule has 1 atom stereocenters. The Morgan fingerprint density at radius 1 is 0.433 bits per heavy atom. The van der Waals surface area contributed by atoms with Gasteiger partial charge in [-0.1, -0.05) is 149 Å². The fourth-order valence-electron chi connectivity index (χ4n) is 4.82. The molecule has 0 bridgehead atoms. The zero-order valence-corrected chi connectivity index (χ0v) is 21.2. The first-order valence-corrected chi connectivity index (χ1v) is 14.1. The lowest BCUT2D eigenvalue weighted by Crippen LogP contribution is -2.31. The van der Waals surface area contributed by atoms with Gasteiger partial charge in [0.15, 0.2) is 0 Å². The standard InChI is InChI=1S/C28H59NO/c1-3-5-6-7-8-9-10-11-12-13-14-15-16-17-18-19-20-21-22-23-25-28(30,24-4-2)26-27-29/h30H,3-27,29H2,1-2H3. The Labute approximate surface area is 191 Å². The van der Waals surface area contributed by atoms with Gasteiger partial charge in [-0.15, -0.1) is 0 Å². The summed E-state index contributed by atoms with van der Waals surface area (Å²) in [5.74, 6) is 0. The van der Waals surface area contributed by atoms with E-state index in [0.717, 1.165) is 32.1 Å². The van der Waals surface area contributed by atoms with Crippen LogP contribution < -0.4 is 5.73 Å². The predicted molar refractivity (Wildman–Crippen MR) is 136 cm³/mol. The molecule has 0 aromatic carbocycles. The maximum absolute atomic E-state index is 10.6. The lowest BCUT2D eigenvalue weighted by Gasteiger charge is -2.27. The molecule has 0 aromatic heterocycles. The van der Waals surface area contributed by atoms with Gasteiger partial charge in [-0.25, -0.2) is 0 Å². The minimum Gasteiger partial charge on any atom is -0.390 e. The van der Waals surface area contributed by atoms with Crippen LogP contribution in [-0.2, 0) is 0 Å². The zero-order chi connectivity index (χ0) is 22.2. The molecule has 182 valence electrons. The molecular formula is C28H59NO. The third-order valence-electron chi connectivity index (χ3n) is 6.82. The summed E-state index contributed by atoms with van der Waals surface area (Å²) in [7, 11) is 0. The van der Waals surface area contributed by atoms with Crippen LogP contribution in [0, 0.1) is 0 Å². The van der Waals surface area contributed by atoms with E-state index in [1.165, 1.54) is 122 Å². The zero-order valence-electron chi connectivity index (χ0n) is 21.2. The summed E-state index contributed by atoms with van der Waals surface area (Å²) in [6.45, 7) is 5.05. The van der Waals surface area contributed by atoms with Gasteiger partial charge >= 0.3 is 0 Å². The smallest absolute Gasteiger partial charge is 0.0659 e. The summed E-state index contributed by atoms with van der Waals surface area (Å²) >= 11 is 0. The molecule has 0 aliphatic rings. The Morgan fingerprint density at radius 3 is 1.07 bits per heavy atom. The first-order chi connectivity index (χ1) is 14.7. The molecule has 3 N–H and O–H groups in total. The number of hydrogen-bond acceptors (Lipinski definition) is 2. The third-order valence-corrected chi connectivity index (χ3v) is 6.82. The maximum Gasteiger partial charge on any atom is 0.0659 e. The van der Waals surface area contributed by atoms with Crippen molar-refractivity contribution in [2.24, 2.45) is 5.73 Å². The largest absolute Gasteiger partial charge is 0.390 e. The average Bonchev–Trinajstić information content (AvgIpc) is 2.72. The minimum atomic E-state index is -0.488. The van der Waals surface area contributed by atoms with E-state index in [1.54, 1.807) is 0 Å². The van der Waals surface area contributed by atoms with Crippen LogP contribution in [0.25, 0.3) is 0 Å². The molecular weight excluding hydrogens is 366 g/mol. The Balaban J connectivity index is 3.21. The second-order valence-corrected chi connectivity index (χ2v) is 9.98. The number of aliphatic hydroxyl groups is 1. The number of hydrogen-bond donors (Lipinski definition) is 2. The van der Waals surface area contributed by atoms with Gasteiger partial charge in [0.25, 0.3) is 0 Å². The molecule has 0 spiro atoms. The molecule has 0 fully saturated rings. The van der Waals surface area contributed by atoms with Crippen molar-refractivity contribution >= 4 is 0 Å². The highest BCUT2D eigenvalue weighted by atomic mass is 16.3. The van der Waals surface area contributed by atoms with E-state index in [1.807, 2.05) is 0 Å². The summed E-state index contributed by atoms with van der Waals surface area (Å²) < 4.78 is 0. The Morgan fingerprint density at radius 2 is 0.767 bits per heavy atom. The van der Waals surface area contributed by atoms with Crippen LogP contribution in [0.5, 0.6) is 0 Å². The van der Waals surface area contributed by atoms with Crippen molar-refractivity contribution in [3.63, 3.8) is 0 Å². The van der Waals surface area contributed by atoms with Crippen molar-refractivity contribution in [2.75, 3.05) is 6.54 Å². The van der Waals surface area contributed by atoms with Crippen molar-refractivity contribution < 1.29 is 5.11 Å². The van der Waals surface area contributed by atoms with Crippen LogP contribution in [0.15, 0.2) is 0 Å². The number of rotatable bonds is 25. The van der Waals surface area contributed by atoms with E-state index < -0.39 is 5.60 Å². The van der Waals surface area contributed by atoms with E-state index in [9.17, 15) is 5.11 Å². The minimum absolute atomic E-state index is 0.488. The molecule has 0 aliphatic carbocycles. The molecule has 0 aromatic rings. The van der Waals surface area contributed by atoms with E-state index in [4.69, 9.17) is 5.73 Å². The molecule has 30 heavy (non-hydrogen) atoms. The predicted octanol–water partition coefficient (Wildman–Crippen LogP) is 9.08. The summed E-state index contributed by atoms with van der Waals surface area (Å²) in [4.78, 5) is 0. The van der Waals surface area contributed by atoms with Gasteiger partial charge in [-0.05, 0) is 25.8 Å². The van der Waals surface area contributed by atoms with Crippen LogP contribution in [0.4, 0.5) is 0 Å². The van der Waals surface area contributed by atoms with Gasteiger partial charge in [0, 0.05) is 0 Å². The molecule has 0 saturated carbocycles. The van der Waals surface area contributed by atoms with Gasteiger partial charge < -0.3 is 10.8 Å². The SMILES string of the molecule is CCCCCCCCCCCCCCCCCCCCCCC(O)(CCC)CCN. The third kappa shape index (κ3) is 21.2. The van der Waals surface area contributed by atoms with Gasteiger partial charge in [-0.3, -0.25) is 0 Å². The fraction of sp³-hybridized carbons (Fsp3) is 1.00. The van der Waals surface area contributed by atoms with Crippen LogP contribution in [0.2, 0.25) is 0 Å². The Hall–Kier alpha value is -0.0800. The quantitative estimate of drug-likeness (QED) is 0.143. The summed E-state index contributed by atoms with van der Waals surface area (Å²) in [6, 6.07) is 0. The highest BCUT2D eigenvalue weighted by Crippen LogP contribution is 2.24. The first kappa shape index (κ1) is 29.9. The number of unbranched alkanes of at least 4 members (excludes halogenated alkanes) is 19. The van der Waals surface area contributed by atoms with Crippen LogP contribution in [0.1, 0.15) is 168 Å². The Bertz CT molecular complexity index is 312. The molecule has 0 saturated heterocycles. The average molecular weight is 426 g/mol. The fourth-order valence-corrected chi connectivity index (χ4v) is 4.82. The van der Waals surface area contributed by atoms with Gasteiger partial charge in [0.2, 0.25) is 0 Å². The van der Waals surface area contributed by atoms with E-state index in [0.29, 0.717) is 6.54 Å². The molecule has 0 amide bonds. The normalized spacial score (nSPS) is 13.6. The van der Waals surface area contributed by atoms with Crippen molar-refractivity contribution in [1.29, 1.82) is 0 Å². The van der Waals surface area contributed by atoms with Crippen molar-refractivity contribution in [2.45, 2.75) is 174 Å². The van der Waals surface area contributed by atoms with E-state index >= 15 is 0 Å². The van der Waals surface area contributed by atoms with Crippen LogP contribution >= 0.6 is 0 Å². The lowest BCUT2D eigenvalue weighted by atomic mass is 9.88. The second kappa shape index (κ2) is 23.6. The van der Waals surface area contributed by atoms with Crippen LogP contribution in [0.3, 0.4) is 0 Å². The van der Waals surface area contributed by atoms with E-state index in [2.05, 4.69) is 13.8 Å². The molecule has 2 nitrogen and oxygen atoms in total. The topological polar surface area (TPSA) is 46.2 Å². The molecule has 0 aliphatic heterocycles. The lowest BCUT2D eigenvalue weighted by molar-refractivity contribution is 0.0135. The maximum atomic E-state index is 10.6. The second-order valence-electron chi connectivity index (χ2n) is 9.98. The number of nitrogens with two attached hydrogens (primary N) is 1. The molecule has 2 heteroatoms. The molecule has 1 unspecified atom stereocenters. The van der Waals surface area contributed by atoms with E-state index in [-0.39, 0.29) is 0 Å². The summed E-state index contributed by atoms with van der Waals surface area (Å²) in [5.41, 5.74) is 5.17. The first-order valence-electron chi connectivity index (χ1n) is 14.1. The molecule has 0 heterocycles.